The van der Waals surface area contributed by atoms with Gasteiger partial charge in [-0.15, -0.1) is 6.58 Å². The van der Waals surface area contributed by atoms with Crippen molar-refractivity contribution in [1.29, 1.82) is 10.7 Å². The van der Waals surface area contributed by atoms with Gasteiger partial charge in [0.05, 0.1) is 0 Å². The number of hydrogen-bond acceptors (Lipinski definition) is 3. The number of aromatic nitrogens is 1. The van der Waals surface area contributed by atoms with Crippen LogP contribution in [-0.2, 0) is 0 Å². The van der Waals surface area contributed by atoms with Gasteiger partial charge in [-0.05, 0) is 12.1 Å². The van der Waals surface area contributed by atoms with Gasteiger partial charge in [0.2, 0.25) is 0 Å². The van der Waals surface area contributed by atoms with E-state index in [0.29, 0.717) is 17.9 Å². The molecular weight excluding hydrogens is 190 g/mol. The molecule has 1 aromatic heterocycles. The Hall–Kier alpha value is -2.35. The number of rotatable bonds is 3. The van der Waals surface area contributed by atoms with Crippen molar-refractivity contribution >= 4 is 11.6 Å². The molecule has 15 heavy (non-hydrogen) atoms. The van der Waals surface area contributed by atoms with Gasteiger partial charge >= 0.3 is 0 Å². The van der Waals surface area contributed by atoms with E-state index < -0.39 is 0 Å². The van der Waals surface area contributed by atoms with Gasteiger partial charge in [0.25, 0.3) is 0 Å². The van der Waals surface area contributed by atoms with Gasteiger partial charge in [0.1, 0.15) is 11.8 Å². The van der Waals surface area contributed by atoms with E-state index in [4.69, 9.17) is 16.4 Å². The smallest absolute Gasteiger partial charge is 0.193 e. The standard InChI is InChI=1S/C10H11N5/c1-2-5-15(10(12)13)9-3-4-14-8(6-9)7-11/h2-4,6H,1,5H2,(H3,12,13). The van der Waals surface area contributed by atoms with E-state index in [-0.39, 0.29) is 5.96 Å². The van der Waals surface area contributed by atoms with Crippen molar-refractivity contribution in [2.24, 2.45) is 5.73 Å². The summed E-state index contributed by atoms with van der Waals surface area (Å²) in [5.74, 6) is -0.0926. The fourth-order valence-corrected chi connectivity index (χ4v) is 1.12. The van der Waals surface area contributed by atoms with Crippen LogP contribution in [0.1, 0.15) is 5.69 Å². The van der Waals surface area contributed by atoms with E-state index in [9.17, 15) is 0 Å². The lowest BCUT2D eigenvalue weighted by atomic mass is 10.3. The van der Waals surface area contributed by atoms with E-state index in [0.717, 1.165) is 0 Å². The van der Waals surface area contributed by atoms with Gasteiger partial charge in [0, 0.05) is 18.4 Å². The van der Waals surface area contributed by atoms with Crippen molar-refractivity contribution in [3.8, 4) is 6.07 Å². The van der Waals surface area contributed by atoms with Crippen LogP contribution in [0.3, 0.4) is 0 Å². The number of nitrogens with zero attached hydrogens (tertiary/aromatic N) is 3. The van der Waals surface area contributed by atoms with Gasteiger partial charge in [-0.2, -0.15) is 5.26 Å². The molecule has 0 amide bonds. The molecule has 76 valence electrons. The van der Waals surface area contributed by atoms with Crippen molar-refractivity contribution in [3.05, 3.63) is 36.7 Å². The fraction of sp³-hybridized carbons (Fsp3) is 0.100. The van der Waals surface area contributed by atoms with Crippen molar-refractivity contribution in [3.63, 3.8) is 0 Å². The van der Waals surface area contributed by atoms with E-state index in [2.05, 4.69) is 11.6 Å². The molecule has 0 aliphatic rings. The van der Waals surface area contributed by atoms with Gasteiger partial charge < -0.3 is 10.6 Å². The van der Waals surface area contributed by atoms with Crippen LogP contribution in [0, 0.1) is 16.7 Å². The van der Waals surface area contributed by atoms with E-state index in [1.165, 1.54) is 11.1 Å². The minimum absolute atomic E-state index is 0.0926. The van der Waals surface area contributed by atoms with E-state index >= 15 is 0 Å². The summed E-state index contributed by atoms with van der Waals surface area (Å²) in [5, 5.41) is 16.0. The lowest BCUT2D eigenvalue weighted by Gasteiger charge is -2.20. The van der Waals surface area contributed by atoms with Crippen LogP contribution in [0.15, 0.2) is 31.0 Å². The van der Waals surface area contributed by atoms with Crippen LogP contribution in [0.5, 0.6) is 0 Å². The molecule has 5 heteroatoms. The summed E-state index contributed by atoms with van der Waals surface area (Å²) in [6.07, 6.45) is 3.14. The average Bonchev–Trinajstić information content (AvgIpc) is 2.25. The van der Waals surface area contributed by atoms with E-state index in [1.54, 1.807) is 18.2 Å². The lowest BCUT2D eigenvalue weighted by molar-refractivity contribution is 1.09. The van der Waals surface area contributed by atoms with Crippen molar-refractivity contribution in [2.75, 3.05) is 11.4 Å². The maximum atomic E-state index is 8.68. The van der Waals surface area contributed by atoms with Gasteiger partial charge in [-0.1, -0.05) is 6.08 Å². The zero-order valence-corrected chi connectivity index (χ0v) is 8.14. The number of guanidine groups is 1. The quantitative estimate of drug-likeness (QED) is 0.430. The summed E-state index contributed by atoms with van der Waals surface area (Å²) >= 11 is 0. The average molecular weight is 201 g/mol. The summed E-state index contributed by atoms with van der Waals surface area (Å²) in [6, 6.07) is 5.19. The molecule has 0 saturated heterocycles. The van der Waals surface area contributed by atoms with Crippen molar-refractivity contribution in [1.82, 2.24) is 4.98 Å². The molecule has 0 bridgehead atoms. The van der Waals surface area contributed by atoms with Gasteiger partial charge in [0.15, 0.2) is 5.96 Å². The van der Waals surface area contributed by atoms with Crippen molar-refractivity contribution < 1.29 is 0 Å². The molecule has 5 nitrogen and oxygen atoms in total. The number of nitrogens with one attached hydrogen (secondary N) is 1. The summed E-state index contributed by atoms with van der Waals surface area (Å²) in [6.45, 7) is 4.00. The number of nitrogens with two attached hydrogens (primary N) is 1. The maximum absolute atomic E-state index is 8.68. The topological polar surface area (TPSA) is 89.8 Å². The second-order valence-electron chi connectivity index (χ2n) is 2.80. The van der Waals surface area contributed by atoms with Gasteiger partial charge in [-0.25, -0.2) is 4.98 Å². The highest BCUT2D eigenvalue weighted by Crippen LogP contribution is 2.13. The first-order valence-electron chi connectivity index (χ1n) is 4.27. The monoisotopic (exact) mass is 201 g/mol. The summed E-state index contributed by atoms with van der Waals surface area (Å²) in [7, 11) is 0. The zero-order chi connectivity index (χ0) is 11.3. The molecule has 1 heterocycles. The molecule has 0 unspecified atom stereocenters. The number of pyridine rings is 1. The molecule has 0 atom stereocenters. The zero-order valence-electron chi connectivity index (χ0n) is 8.14. The minimum atomic E-state index is -0.0926. The Morgan fingerprint density at radius 3 is 3.07 bits per heavy atom. The Bertz CT molecular complexity index is 418. The maximum Gasteiger partial charge on any atom is 0.193 e. The number of nitriles is 1. The molecule has 0 saturated carbocycles. The highest BCUT2D eigenvalue weighted by molar-refractivity contribution is 5.92. The molecule has 3 N–H and O–H groups in total. The summed E-state index contributed by atoms with van der Waals surface area (Å²) in [4.78, 5) is 5.36. The Labute approximate surface area is 88.0 Å². The third kappa shape index (κ3) is 2.54. The predicted molar refractivity (Wildman–Crippen MR) is 58.4 cm³/mol. The lowest BCUT2D eigenvalue weighted by Crippen LogP contribution is -2.36. The number of hydrogen-bond donors (Lipinski definition) is 2. The Kier molecular flexibility index (Phi) is 3.41. The Morgan fingerprint density at radius 2 is 2.53 bits per heavy atom. The van der Waals surface area contributed by atoms with E-state index in [1.807, 2.05) is 6.07 Å². The fourth-order valence-electron chi connectivity index (χ4n) is 1.12. The normalized spacial score (nSPS) is 9.00. The third-order valence-corrected chi connectivity index (χ3v) is 1.77. The summed E-state index contributed by atoms with van der Waals surface area (Å²) in [5.41, 5.74) is 6.36. The van der Waals surface area contributed by atoms with Crippen molar-refractivity contribution in [2.45, 2.75) is 0 Å². The van der Waals surface area contributed by atoms with Gasteiger partial charge in [-0.3, -0.25) is 5.41 Å². The molecule has 0 aromatic carbocycles. The molecule has 1 rings (SSSR count). The second-order valence-corrected chi connectivity index (χ2v) is 2.80. The van der Waals surface area contributed by atoms with Crippen LogP contribution >= 0.6 is 0 Å². The predicted octanol–water partition coefficient (Wildman–Crippen LogP) is 0.839. The first kappa shape index (κ1) is 10.7. The first-order valence-corrected chi connectivity index (χ1v) is 4.27. The minimum Gasteiger partial charge on any atom is -0.370 e. The van der Waals surface area contributed by atoms with Crippen LogP contribution in [-0.4, -0.2) is 17.5 Å². The SMILES string of the molecule is C=CCN(C(=N)N)c1ccnc(C#N)c1. The van der Waals surface area contributed by atoms with Crippen LogP contribution in [0.4, 0.5) is 5.69 Å². The Morgan fingerprint density at radius 1 is 1.80 bits per heavy atom. The second kappa shape index (κ2) is 4.77. The molecule has 0 spiro atoms. The molecule has 0 radical (unpaired) electrons. The van der Waals surface area contributed by atoms with Crippen LogP contribution < -0.4 is 10.6 Å². The number of anilines is 1. The molecular formula is C10H11N5. The largest absolute Gasteiger partial charge is 0.370 e. The molecule has 0 aliphatic heterocycles. The molecule has 0 fully saturated rings. The first-order chi connectivity index (χ1) is 7.19. The summed E-state index contributed by atoms with van der Waals surface area (Å²) < 4.78 is 0. The van der Waals surface area contributed by atoms with Crippen LogP contribution in [0.2, 0.25) is 0 Å². The highest BCUT2D eigenvalue weighted by Gasteiger charge is 2.08. The molecule has 0 aliphatic carbocycles. The highest BCUT2D eigenvalue weighted by atomic mass is 15.2. The Balaban J connectivity index is 3.06. The third-order valence-electron chi connectivity index (χ3n) is 1.77. The van der Waals surface area contributed by atoms with Crippen LogP contribution in [0.25, 0.3) is 0 Å². The molecule has 1 aromatic rings.